The van der Waals surface area contributed by atoms with Gasteiger partial charge in [0.15, 0.2) is 0 Å². The quantitative estimate of drug-likeness (QED) is 0.856. The Morgan fingerprint density at radius 2 is 2.33 bits per heavy atom. The number of aryl methyl sites for hydroxylation is 1. The number of rotatable bonds is 3. The van der Waals surface area contributed by atoms with Crippen molar-refractivity contribution in [3.05, 3.63) is 28.3 Å². The van der Waals surface area contributed by atoms with Crippen LogP contribution >= 0.6 is 11.6 Å². The molecule has 98 valence electrons. The zero-order valence-electron chi connectivity index (χ0n) is 10.6. The van der Waals surface area contributed by atoms with Crippen molar-refractivity contribution in [1.29, 1.82) is 0 Å². The highest BCUT2D eigenvalue weighted by atomic mass is 35.5. The van der Waals surface area contributed by atoms with Gasteiger partial charge in [0, 0.05) is 0 Å². The normalized spacial score (nSPS) is 19.4. The number of fused-ring (bicyclic) bond motifs is 1. The lowest BCUT2D eigenvalue weighted by molar-refractivity contribution is -0.146. The second-order valence-corrected chi connectivity index (χ2v) is 5.09. The van der Waals surface area contributed by atoms with Gasteiger partial charge in [0.25, 0.3) is 0 Å². The van der Waals surface area contributed by atoms with Gasteiger partial charge in [-0.15, -0.1) is 0 Å². The largest absolute Gasteiger partial charge is 0.506 e. The second kappa shape index (κ2) is 5.19. The minimum absolute atomic E-state index is 0.113. The number of halogens is 1. The fourth-order valence-electron chi connectivity index (χ4n) is 2.83. The molecule has 0 saturated heterocycles. The van der Waals surface area contributed by atoms with Gasteiger partial charge in [0.2, 0.25) is 0 Å². The van der Waals surface area contributed by atoms with Crippen molar-refractivity contribution < 1.29 is 14.6 Å². The lowest BCUT2D eigenvalue weighted by Gasteiger charge is -2.21. The molecule has 18 heavy (non-hydrogen) atoms. The first-order valence-electron chi connectivity index (χ1n) is 6.17. The molecular weight excluding hydrogens is 252 g/mol. The molecule has 0 bridgehead atoms. The van der Waals surface area contributed by atoms with Crippen molar-refractivity contribution in [1.82, 2.24) is 0 Å². The molecular formula is C14H17ClO3. The number of phenolic OH excluding ortho intramolecular Hbond substituents is 1. The van der Waals surface area contributed by atoms with E-state index in [1.54, 1.807) is 12.1 Å². The number of phenols is 1. The second-order valence-electron chi connectivity index (χ2n) is 4.69. The van der Waals surface area contributed by atoms with E-state index in [-0.39, 0.29) is 23.6 Å². The molecule has 0 aliphatic heterocycles. The Kier molecular flexibility index (Phi) is 3.81. The Bertz CT molecular complexity index is 470. The van der Waals surface area contributed by atoms with Crippen LogP contribution in [0, 0.1) is 5.92 Å². The summed E-state index contributed by atoms with van der Waals surface area (Å²) in [5.41, 5.74) is 2.17. The molecule has 2 unspecified atom stereocenters. The maximum absolute atomic E-state index is 11.8. The van der Waals surface area contributed by atoms with Crippen LogP contribution < -0.4 is 0 Å². The van der Waals surface area contributed by atoms with Crippen LogP contribution in [-0.2, 0) is 16.0 Å². The van der Waals surface area contributed by atoms with Gasteiger partial charge in [-0.2, -0.15) is 0 Å². The number of hydrogen-bond acceptors (Lipinski definition) is 3. The maximum Gasteiger partial charge on any atom is 0.309 e. The topological polar surface area (TPSA) is 46.5 Å². The molecule has 0 saturated carbocycles. The van der Waals surface area contributed by atoms with Crippen molar-refractivity contribution in [2.45, 2.75) is 32.1 Å². The highest BCUT2D eigenvalue weighted by Gasteiger charge is 2.34. The molecule has 0 aromatic heterocycles. The fraction of sp³-hybridized carbons (Fsp3) is 0.500. The van der Waals surface area contributed by atoms with E-state index >= 15 is 0 Å². The van der Waals surface area contributed by atoms with E-state index in [4.69, 9.17) is 16.3 Å². The highest BCUT2D eigenvalue weighted by molar-refractivity contribution is 6.32. The van der Waals surface area contributed by atoms with E-state index < -0.39 is 0 Å². The number of esters is 1. The highest BCUT2D eigenvalue weighted by Crippen LogP contribution is 2.43. The summed E-state index contributed by atoms with van der Waals surface area (Å²) in [5.74, 6) is -0.0332. The van der Waals surface area contributed by atoms with Crippen molar-refractivity contribution in [2.24, 2.45) is 5.92 Å². The Balaban J connectivity index is 2.35. The predicted octanol–water partition coefficient (Wildman–Crippen LogP) is 3.27. The smallest absolute Gasteiger partial charge is 0.309 e. The molecule has 1 aromatic carbocycles. The summed E-state index contributed by atoms with van der Waals surface area (Å²) in [6.45, 7) is 1.99. The summed E-state index contributed by atoms with van der Waals surface area (Å²) in [6.07, 6.45) is 2.52. The van der Waals surface area contributed by atoms with Gasteiger partial charge in [0.05, 0.1) is 18.1 Å². The minimum Gasteiger partial charge on any atom is -0.506 e. The number of methoxy groups -OCH3 is 1. The van der Waals surface area contributed by atoms with Gasteiger partial charge in [-0.25, -0.2) is 0 Å². The third kappa shape index (κ3) is 2.19. The van der Waals surface area contributed by atoms with E-state index in [0.29, 0.717) is 5.02 Å². The lowest BCUT2D eigenvalue weighted by Crippen LogP contribution is -2.21. The SMILES string of the molecule is CCC(C(=O)OC)C1CCc2cc(O)c(Cl)cc21. The van der Waals surface area contributed by atoms with Crippen molar-refractivity contribution in [2.75, 3.05) is 7.11 Å². The monoisotopic (exact) mass is 268 g/mol. The van der Waals surface area contributed by atoms with Crippen molar-refractivity contribution in [3.8, 4) is 5.75 Å². The molecule has 0 amide bonds. The van der Waals surface area contributed by atoms with Gasteiger partial charge in [-0.1, -0.05) is 18.5 Å². The number of carbonyl (C=O) groups is 1. The van der Waals surface area contributed by atoms with E-state index in [0.717, 1.165) is 30.4 Å². The first kappa shape index (κ1) is 13.2. The molecule has 0 fully saturated rings. The van der Waals surface area contributed by atoms with E-state index in [2.05, 4.69) is 0 Å². The van der Waals surface area contributed by atoms with Gasteiger partial charge >= 0.3 is 5.97 Å². The van der Waals surface area contributed by atoms with Crippen LogP contribution in [0.25, 0.3) is 0 Å². The molecule has 1 aliphatic carbocycles. The number of hydrogen-bond donors (Lipinski definition) is 1. The number of aromatic hydroxyl groups is 1. The number of benzene rings is 1. The molecule has 1 aromatic rings. The molecule has 4 heteroatoms. The summed E-state index contributed by atoms with van der Waals surface area (Å²) in [5, 5.41) is 9.94. The summed E-state index contributed by atoms with van der Waals surface area (Å²) in [7, 11) is 1.42. The van der Waals surface area contributed by atoms with Crippen LogP contribution in [0.2, 0.25) is 5.02 Å². The van der Waals surface area contributed by atoms with Crippen LogP contribution in [0.1, 0.15) is 36.8 Å². The van der Waals surface area contributed by atoms with E-state index in [1.165, 1.54) is 7.11 Å². The average Bonchev–Trinajstić information content (AvgIpc) is 2.74. The summed E-state index contributed by atoms with van der Waals surface area (Å²) in [4.78, 5) is 11.8. The molecule has 0 heterocycles. The van der Waals surface area contributed by atoms with E-state index in [1.807, 2.05) is 6.92 Å². The number of ether oxygens (including phenoxy) is 1. The molecule has 2 atom stereocenters. The Morgan fingerprint density at radius 1 is 1.61 bits per heavy atom. The van der Waals surface area contributed by atoms with Crippen LogP contribution in [0.3, 0.4) is 0 Å². The molecule has 1 N–H and O–H groups in total. The molecule has 0 spiro atoms. The third-order valence-electron chi connectivity index (χ3n) is 3.76. The third-order valence-corrected chi connectivity index (χ3v) is 4.07. The molecule has 2 rings (SSSR count). The van der Waals surface area contributed by atoms with Gasteiger partial charge in [-0.3, -0.25) is 4.79 Å². The first-order valence-corrected chi connectivity index (χ1v) is 6.55. The molecule has 1 aliphatic rings. The maximum atomic E-state index is 11.8. The summed E-state index contributed by atoms with van der Waals surface area (Å²) < 4.78 is 4.86. The lowest BCUT2D eigenvalue weighted by atomic mass is 9.85. The van der Waals surface area contributed by atoms with Crippen LogP contribution in [0.4, 0.5) is 0 Å². The standard InChI is InChI=1S/C14H17ClO3/c1-3-9(14(17)18-2)10-5-4-8-6-13(16)12(15)7-11(8)10/h6-7,9-10,16H,3-5H2,1-2H3. The van der Waals surface area contributed by atoms with Gasteiger partial charge in [0.1, 0.15) is 5.75 Å². The van der Waals surface area contributed by atoms with Gasteiger partial charge < -0.3 is 9.84 Å². The van der Waals surface area contributed by atoms with Crippen molar-refractivity contribution in [3.63, 3.8) is 0 Å². The molecule has 3 nitrogen and oxygen atoms in total. The summed E-state index contributed by atoms with van der Waals surface area (Å²) in [6, 6.07) is 3.50. The Labute approximate surface area is 112 Å². The zero-order chi connectivity index (χ0) is 13.3. The average molecular weight is 269 g/mol. The summed E-state index contributed by atoms with van der Waals surface area (Å²) >= 11 is 5.95. The minimum atomic E-state index is -0.167. The van der Waals surface area contributed by atoms with Crippen molar-refractivity contribution >= 4 is 17.6 Å². The zero-order valence-corrected chi connectivity index (χ0v) is 11.3. The first-order chi connectivity index (χ1) is 8.58. The Morgan fingerprint density at radius 3 is 2.94 bits per heavy atom. The number of carbonyl (C=O) groups excluding carboxylic acids is 1. The molecule has 0 radical (unpaired) electrons. The predicted molar refractivity (Wildman–Crippen MR) is 70.0 cm³/mol. The fourth-order valence-corrected chi connectivity index (χ4v) is 3.01. The van der Waals surface area contributed by atoms with E-state index in [9.17, 15) is 9.90 Å². The van der Waals surface area contributed by atoms with Gasteiger partial charge in [-0.05, 0) is 48.4 Å². The Hall–Kier alpha value is -1.22. The van der Waals surface area contributed by atoms with Crippen LogP contribution in [-0.4, -0.2) is 18.2 Å². The van der Waals surface area contributed by atoms with Crippen LogP contribution in [0.15, 0.2) is 12.1 Å². The van der Waals surface area contributed by atoms with Crippen LogP contribution in [0.5, 0.6) is 5.75 Å².